The summed E-state index contributed by atoms with van der Waals surface area (Å²) in [5.74, 6) is 1.37. The van der Waals surface area contributed by atoms with Gasteiger partial charge in [-0.3, -0.25) is 0 Å². The predicted octanol–water partition coefficient (Wildman–Crippen LogP) is 5.78. The van der Waals surface area contributed by atoms with Gasteiger partial charge in [-0.15, -0.1) is 0 Å². The van der Waals surface area contributed by atoms with Gasteiger partial charge in [-0.05, 0) is 42.5 Å². The van der Waals surface area contributed by atoms with E-state index in [0.29, 0.717) is 5.82 Å². The number of fused-ring (bicyclic) bond motifs is 1. The van der Waals surface area contributed by atoms with Crippen LogP contribution in [0.5, 0.6) is 5.75 Å². The first-order chi connectivity index (χ1) is 13.1. The van der Waals surface area contributed by atoms with Crippen molar-refractivity contribution < 1.29 is 4.74 Å². The molecule has 134 valence electrons. The van der Waals surface area contributed by atoms with Crippen LogP contribution in [0.15, 0.2) is 66.7 Å². The van der Waals surface area contributed by atoms with Crippen LogP contribution in [0.1, 0.15) is 11.1 Å². The van der Waals surface area contributed by atoms with Gasteiger partial charge in [0.25, 0.3) is 0 Å². The van der Waals surface area contributed by atoms with Crippen LogP contribution in [0.25, 0.3) is 33.2 Å². The maximum atomic E-state index is 6.36. The molecule has 2 N–H and O–H groups in total. The molecule has 3 aromatic carbocycles. The van der Waals surface area contributed by atoms with E-state index in [1.165, 1.54) is 11.1 Å². The lowest BCUT2D eigenvalue weighted by Gasteiger charge is -2.17. The molecule has 0 saturated heterocycles. The summed E-state index contributed by atoms with van der Waals surface area (Å²) in [6.45, 7) is 4.20. The van der Waals surface area contributed by atoms with Crippen molar-refractivity contribution in [3.8, 4) is 28.1 Å². The number of aromatic nitrogens is 1. The first-order valence-corrected chi connectivity index (χ1v) is 8.99. The Morgan fingerprint density at radius 2 is 1.67 bits per heavy atom. The quantitative estimate of drug-likeness (QED) is 0.507. The summed E-state index contributed by atoms with van der Waals surface area (Å²) in [6, 6.07) is 22.7. The minimum Gasteiger partial charge on any atom is -0.497 e. The third-order valence-electron chi connectivity index (χ3n) is 4.95. The molecule has 0 amide bonds. The smallest absolute Gasteiger partial charge is 0.132 e. The van der Waals surface area contributed by atoms with E-state index in [4.69, 9.17) is 15.5 Å². The number of methoxy groups -OCH3 is 1. The minimum atomic E-state index is 0.551. The van der Waals surface area contributed by atoms with Crippen LogP contribution in [0.4, 0.5) is 5.82 Å². The van der Waals surface area contributed by atoms with Crippen molar-refractivity contribution in [3.63, 3.8) is 0 Å². The van der Waals surface area contributed by atoms with E-state index in [2.05, 4.69) is 56.3 Å². The fourth-order valence-corrected chi connectivity index (χ4v) is 3.56. The van der Waals surface area contributed by atoms with Crippen molar-refractivity contribution in [3.05, 3.63) is 77.9 Å². The highest BCUT2D eigenvalue weighted by atomic mass is 16.5. The molecule has 1 heterocycles. The molecule has 0 bridgehead atoms. The van der Waals surface area contributed by atoms with Gasteiger partial charge in [-0.2, -0.15) is 0 Å². The number of nitrogens with two attached hydrogens (primary N) is 1. The summed E-state index contributed by atoms with van der Waals surface area (Å²) in [6.07, 6.45) is 0. The number of nitrogens with zero attached hydrogens (tertiary/aromatic N) is 1. The van der Waals surface area contributed by atoms with Gasteiger partial charge in [0, 0.05) is 16.5 Å². The summed E-state index contributed by atoms with van der Waals surface area (Å²) in [5, 5.41) is 2.07. The van der Waals surface area contributed by atoms with E-state index in [1.807, 2.05) is 24.3 Å². The number of hydrogen-bond donors (Lipinski definition) is 1. The van der Waals surface area contributed by atoms with E-state index in [-0.39, 0.29) is 0 Å². The molecule has 1 aromatic heterocycles. The topological polar surface area (TPSA) is 48.1 Å². The zero-order chi connectivity index (χ0) is 19.0. The molecule has 0 atom stereocenters. The molecule has 27 heavy (non-hydrogen) atoms. The Morgan fingerprint density at radius 1 is 0.852 bits per heavy atom. The molecule has 4 aromatic rings. The molecule has 0 fully saturated rings. The fourth-order valence-electron chi connectivity index (χ4n) is 3.56. The maximum Gasteiger partial charge on any atom is 0.132 e. The second-order valence-electron chi connectivity index (χ2n) is 6.82. The summed E-state index contributed by atoms with van der Waals surface area (Å²) in [4.78, 5) is 4.83. The Hall–Kier alpha value is -3.33. The lowest BCUT2D eigenvalue weighted by atomic mass is 9.91. The second-order valence-corrected chi connectivity index (χ2v) is 6.82. The van der Waals surface area contributed by atoms with Crippen LogP contribution in [-0.4, -0.2) is 12.1 Å². The first kappa shape index (κ1) is 17.1. The van der Waals surface area contributed by atoms with E-state index < -0.39 is 0 Å². The number of hydrogen-bond acceptors (Lipinski definition) is 3. The SMILES string of the molecule is COc1cccc(-c2c(-c3ccccc3C)nc(N)c3ccc(C)cc23)c1. The van der Waals surface area contributed by atoms with Crippen LogP contribution >= 0.6 is 0 Å². The monoisotopic (exact) mass is 354 g/mol. The molecular formula is C24H22N2O. The molecule has 0 radical (unpaired) electrons. The Balaban J connectivity index is 2.15. The predicted molar refractivity (Wildman–Crippen MR) is 113 cm³/mol. The van der Waals surface area contributed by atoms with Gasteiger partial charge < -0.3 is 10.5 Å². The van der Waals surface area contributed by atoms with Crippen molar-refractivity contribution >= 4 is 16.6 Å². The first-order valence-electron chi connectivity index (χ1n) is 8.99. The second kappa shape index (κ2) is 6.76. The Morgan fingerprint density at radius 3 is 2.44 bits per heavy atom. The zero-order valence-corrected chi connectivity index (χ0v) is 15.8. The molecule has 0 spiro atoms. The maximum absolute atomic E-state index is 6.36. The molecular weight excluding hydrogens is 332 g/mol. The van der Waals surface area contributed by atoms with Crippen LogP contribution in [0, 0.1) is 13.8 Å². The highest BCUT2D eigenvalue weighted by molar-refractivity contribution is 6.07. The summed E-state index contributed by atoms with van der Waals surface area (Å²) in [5.41, 5.74) is 12.9. The highest BCUT2D eigenvalue weighted by Crippen LogP contribution is 2.40. The van der Waals surface area contributed by atoms with Crippen molar-refractivity contribution in [2.75, 3.05) is 12.8 Å². The standard InChI is InChI=1S/C24H22N2O/c1-15-11-12-20-21(13-15)22(17-8-6-9-18(14-17)27-3)23(26-24(20)25)19-10-5-4-7-16(19)2/h4-14H,1-3H3,(H2,25,26). The highest BCUT2D eigenvalue weighted by Gasteiger charge is 2.17. The molecule has 0 aliphatic heterocycles. The molecule has 0 aliphatic rings. The van der Waals surface area contributed by atoms with Crippen LogP contribution in [0.3, 0.4) is 0 Å². The number of anilines is 1. The van der Waals surface area contributed by atoms with Gasteiger partial charge in [0.1, 0.15) is 11.6 Å². The minimum absolute atomic E-state index is 0.551. The molecule has 3 heteroatoms. The number of benzene rings is 3. The van der Waals surface area contributed by atoms with E-state index in [0.717, 1.165) is 38.9 Å². The lowest BCUT2D eigenvalue weighted by molar-refractivity contribution is 0.415. The van der Waals surface area contributed by atoms with Gasteiger partial charge in [0.2, 0.25) is 0 Å². The third-order valence-corrected chi connectivity index (χ3v) is 4.95. The number of pyridine rings is 1. The summed E-state index contributed by atoms with van der Waals surface area (Å²) < 4.78 is 5.46. The third kappa shape index (κ3) is 3.02. The van der Waals surface area contributed by atoms with Crippen LogP contribution in [-0.2, 0) is 0 Å². The Labute approximate surface area is 159 Å². The van der Waals surface area contributed by atoms with Gasteiger partial charge in [0.15, 0.2) is 0 Å². The van der Waals surface area contributed by atoms with Gasteiger partial charge in [0.05, 0.1) is 12.8 Å². The number of rotatable bonds is 3. The van der Waals surface area contributed by atoms with E-state index in [9.17, 15) is 0 Å². The lowest BCUT2D eigenvalue weighted by Crippen LogP contribution is -2.00. The van der Waals surface area contributed by atoms with Gasteiger partial charge >= 0.3 is 0 Å². The van der Waals surface area contributed by atoms with Crippen molar-refractivity contribution in [1.29, 1.82) is 0 Å². The Kier molecular flexibility index (Phi) is 4.28. The molecule has 0 unspecified atom stereocenters. The fraction of sp³-hybridized carbons (Fsp3) is 0.125. The average molecular weight is 354 g/mol. The summed E-state index contributed by atoms with van der Waals surface area (Å²) >= 11 is 0. The van der Waals surface area contributed by atoms with E-state index in [1.54, 1.807) is 7.11 Å². The Bertz CT molecular complexity index is 1150. The van der Waals surface area contributed by atoms with Crippen molar-refractivity contribution in [2.24, 2.45) is 0 Å². The molecule has 0 aliphatic carbocycles. The normalized spacial score (nSPS) is 10.9. The molecule has 3 nitrogen and oxygen atoms in total. The number of nitrogen functional groups attached to an aromatic ring is 1. The molecule has 4 rings (SSSR count). The zero-order valence-electron chi connectivity index (χ0n) is 15.8. The van der Waals surface area contributed by atoms with Gasteiger partial charge in [-0.25, -0.2) is 4.98 Å². The number of aryl methyl sites for hydroxylation is 2. The van der Waals surface area contributed by atoms with E-state index >= 15 is 0 Å². The van der Waals surface area contributed by atoms with Crippen molar-refractivity contribution in [2.45, 2.75) is 13.8 Å². The van der Waals surface area contributed by atoms with Crippen LogP contribution < -0.4 is 10.5 Å². The van der Waals surface area contributed by atoms with Crippen LogP contribution in [0.2, 0.25) is 0 Å². The largest absolute Gasteiger partial charge is 0.497 e. The van der Waals surface area contributed by atoms with Crippen molar-refractivity contribution in [1.82, 2.24) is 4.98 Å². The molecule has 0 saturated carbocycles. The average Bonchev–Trinajstić information content (AvgIpc) is 2.68. The summed E-state index contributed by atoms with van der Waals surface area (Å²) in [7, 11) is 1.69. The number of ether oxygens (including phenoxy) is 1. The van der Waals surface area contributed by atoms with Gasteiger partial charge in [-0.1, -0.05) is 60.2 Å².